The molecule has 0 amide bonds. The Balaban J connectivity index is 1.95. The van der Waals surface area contributed by atoms with Gasteiger partial charge in [0.2, 0.25) is 15.9 Å². The summed E-state index contributed by atoms with van der Waals surface area (Å²) in [4.78, 5) is 4.09. The Morgan fingerprint density at radius 2 is 1.42 bits per heavy atom. The summed E-state index contributed by atoms with van der Waals surface area (Å²) in [5, 5.41) is 9.02. The number of aliphatic hydroxyl groups excluding tert-OH is 1. The molecule has 0 radical (unpaired) electrons. The zero-order valence-electron chi connectivity index (χ0n) is 18.7. The van der Waals surface area contributed by atoms with Crippen LogP contribution >= 0.6 is 0 Å². The van der Waals surface area contributed by atoms with Gasteiger partial charge >= 0.3 is 0 Å². The summed E-state index contributed by atoms with van der Waals surface area (Å²) < 4.78 is 44.9. The van der Waals surface area contributed by atoms with Gasteiger partial charge in [-0.1, -0.05) is 24.3 Å². The quantitative estimate of drug-likeness (QED) is 0.404. The average Bonchev–Trinajstić information content (AvgIpc) is 2.85. The molecule has 0 saturated heterocycles. The molecule has 0 atom stereocenters. The second-order valence-electron chi connectivity index (χ2n) is 7.20. The van der Waals surface area contributed by atoms with Gasteiger partial charge in [-0.05, 0) is 47.5 Å². The standard InChI is InChI=1S/C24H28N2O6S/c1-30-21-10-6-19(7-11-21)17-26(18-20-8-12-22(31-2)13-9-20)33(28,29)23-5-3-14-25-24(23)32-16-4-15-27/h3,5-14,27H,4,15-18H2,1-2H3. The van der Waals surface area contributed by atoms with Gasteiger partial charge in [0, 0.05) is 32.3 Å². The number of ether oxygens (including phenoxy) is 3. The molecule has 0 aliphatic carbocycles. The molecule has 33 heavy (non-hydrogen) atoms. The summed E-state index contributed by atoms with van der Waals surface area (Å²) in [5.74, 6) is 1.39. The van der Waals surface area contributed by atoms with E-state index in [1.807, 2.05) is 24.3 Å². The van der Waals surface area contributed by atoms with Gasteiger partial charge in [-0.3, -0.25) is 0 Å². The first-order chi connectivity index (χ1) is 16.0. The van der Waals surface area contributed by atoms with Crippen molar-refractivity contribution >= 4 is 10.0 Å². The van der Waals surface area contributed by atoms with Crippen LogP contribution in [0.3, 0.4) is 0 Å². The van der Waals surface area contributed by atoms with Crippen LogP contribution in [-0.4, -0.2) is 50.2 Å². The number of methoxy groups -OCH3 is 2. The van der Waals surface area contributed by atoms with Crippen LogP contribution in [0.2, 0.25) is 0 Å². The van der Waals surface area contributed by atoms with Crippen molar-refractivity contribution in [1.82, 2.24) is 9.29 Å². The van der Waals surface area contributed by atoms with E-state index in [-0.39, 0.29) is 37.1 Å². The maximum Gasteiger partial charge on any atom is 0.249 e. The van der Waals surface area contributed by atoms with E-state index in [0.717, 1.165) is 11.1 Å². The Morgan fingerprint density at radius 3 is 1.91 bits per heavy atom. The van der Waals surface area contributed by atoms with Crippen molar-refractivity contribution in [3.63, 3.8) is 0 Å². The van der Waals surface area contributed by atoms with Gasteiger partial charge in [-0.15, -0.1) is 0 Å². The summed E-state index contributed by atoms with van der Waals surface area (Å²) in [6.45, 7) is 0.385. The largest absolute Gasteiger partial charge is 0.497 e. The molecule has 176 valence electrons. The van der Waals surface area contributed by atoms with Gasteiger partial charge < -0.3 is 19.3 Å². The van der Waals surface area contributed by atoms with E-state index in [2.05, 4.69) is 4.98 Å². The minimum atomic E-state index is -3.98. The third kappa shape index (κ3) is 6.44. The summed E-state index contributed by atoms with van der Waals surface area (Å²) in [5.41, 5.74) is 1.61. The Bertz CT molecular complexity index is 1070. The number of hydrogen-bond donors (Lipinski definition) is 1. The first-order valence-electron chi connectivity index (χ1n) is 10.4. The minimum Gasteiger partial charge on any atom is -0.497 e. The second-order valence-corrected chi connectivity index (χ2v) is 9.11. The first-order valence-corrected chi connectivity index (χ1v) is 11.9. The number of benzene rings is 2. The van der Waals surface area contributed by atoms with Gasteiger partial charge in [0.1, 0.15) is 16.4 Å². The van der Waals surface area contributed by atoms with Crippen LogP contribution in [0.15, 0.2) is 71.8 Å². The van der Waals surface area contributed by atoms with E-state index in [9.17, 15) is 8.42 Å². The molecule has 3 rings (SSSR count). The van der Waals surface area contributed by atoms with Crippen molar-refractivity contribution in [3.8, 4) is 17.4 Å². The summed E-state index contributed by atoms with van der Waals surface area (Å²) in [6.07, 6.45) is 1.85. The maximum absolute atomic E-state index is 13.7. The fourth-order valence-electron chi connectivity index (χ4n) is 3.15. The van der Waals surface area contributed by atoms with E-state index in [1.54, 1.807) is 44.6 Å². The molecule has 1 heterocycles. The van der Waals surface area contributed by atoms with Crippen LogP contribution in [0.5, 0.6) is 17.4 Å². The Hall–Kier alpha value is -3.14. The molecule has 2 aromatic carbocycles. The highest BCUT2D eigenvalue weighted by molar-refractivity contribution is 7.89. The molecule has 1 aromatic heterocycles. The Morgan fingerprint density at radius 1 is 0.879 bits per heavy atom. The number of sulfonamides is 1. The van der Waals surface area contributed by atoms with Crippen molar-refractivity contribution in [1.29, 1.82) is 0 Å². The van der Waals surface area contributed by atoms with Crippen LogP contribution in [-0.2, 0) is 23.1 Å². The van der Waals surface area contributed by atoms with Crippen LogP contribution in [0.25, 0.3) is 0 Å². The van der Waals surface area contributed by atoms with Gasteiger partial charge in [0.15, 0.2) is 0 Å². The number of aliphatic hydroxyl groups is 1. The lowest BCUT2D eigenvalue weighted by atomic mass is 10.2. The predicted octanol–water partition coefficient (Wildman–Crippen LogP) is 3.25. The van der Waals surface area contributed by atoms with E-state index in [1.165, 1.54) is 16.6 Å². The van der Waals surface area contributed by atoms with Gasteiger partial charge in [-0.25, -0.2) is 13.4 Å². The smallest absolute Gasteiger partial charge is 0.249 e. The Kier molecular flexibility index (Phi) is 8.65. The van der Waals surface area contributed by atoms with Crippen LogP contribution < -0.4 is 14.2 Å². The first kappa shape index (κ1) is 24.5. The number of pyridine rings is 1. The zero-order chi connectivity index (χ0) is 23.7. The molecule has 0 fully saturated rings. The van der Waals surface area contributed by atoms with Crippen molar-refractivity contribution in [2.45, 2.75) is 24.4 Å². The lowest BCUT2D eigenvalue weighted by Crippen LogP contribution is -2.31. The minimum absolute atomic E-state index is 0.0143. The van der Waals surface area contributed by atoms with Crippen molar-refractivity contribution in [2.75, 3.05) is 27.4 Å². The summed E-state index contributed by atoms with van der Waals surface area (Å²) in [7, 11) is -0.817. The number of hydrogen-bond acceptors (Lipinski definition) is 7. The fourth-order valence-corrected chi connectivity index (χ4v) is 4.65. The van der Waals surface area contributed by atoms with Crippen LogP contribution in [0, 0.1) is 0 Å². The molecule has 0 saturated carbocycles. The van der Waals surface area contributed by atoms with E-state index >= 15 is 0 Å². The molecule has 9 heteroatoms. The highest BCUT2D eigenvalue weighted by atomic mass is 32.2. The number of rotatable bonds is 12. The molecule has 1 N–H and O–H groups in total. The molecule has 0 spiro atoms. The highest BCUT2D eigenvalue weighted by Gasteiger charge is 2.29. The van der Waals surface area contributed by atoms with E-state index in [4.69, 9.17) is 19.3 Å². The van der Waals surface area contributed by atoms with Gasteiger partial charge in [-0.2, -0.15) is 4.31 Å². The van der Waals surface area contributed by atoms with Crippen LogP contribution in [0.4, 0.5) is 0 Å². The summed E-state index contributed by atoms with van der Waals surface area (Å²) >= 11 is 0. The highest BCUT2D eigenvalue weighted by Crippen LogP contribution is 2.28. The summed E-state index contributed by atoms with van der Waals surface area (Å²) in [6, 6.07) is 17.5. The van der Waals surface area contributed by atoms with Crippen LogP contribution in [0.1, 0.15) is 17.5 Å². The van der Waals surface area contributed by atoms with Crippen molar-refractivity contribution in [2.24, 2.45) is 0 Å². The van der Waals surface area contributed by atoms with Gasteiger partial charge in [0.05, 0.1) is 20.8 Å². The van der Waals surface area contributed by atoms with Crippen molar-refractivity contribution in [3.05, 3.63) is 78.0 Å². The second kappa shape index (κ2) is 11.6. The fraction of sp³-hybridized carbons (Fsp3) is 0.292. The lowest BCUT2D eigenvalue weighted by molar-refractivity contribution is 0.225. The number of nitrogens with zero attached hydrogens (tertiary/aromatic N) is 2. The van der Waals surface area contributed by atoms with Crippen molar-refractivity contribution < 1.29 is 27.7 Å². The zero-order valence-corrected chi connectivity index (χ0v) is 19.5. The molecular formula is C24H28N2O6S. The normalized spacial score (nSPS) is 11.4. The lowest BCUT2D eigenvalue weighted by Gasteiger charge is -2.23. The monoisotopic (exact) mass is 472 g/mol. The molecule has 0 aliphatic heterocycles. The third-order valence-electron chi connectivity index (χ3n) is 4.93. The number of aromatic nitrogens is 1. The molecule has 0 bridgehead atoms. The average molecular weight is 473 g/mol. The maximum atomic E-state index is 13.7. The third-order valence-corrected chi connectivity index (χ3v) is 6.74. The predicted molar refractivity (Wildman–Crippen MR) is 124 cm³/mol. The molecular weight excluding hydrogens is 444 g/mol. The molecule has 0 aliphatic rings. The molecule has 3 aromatic rings. The van der Waals surface area contributed by atoms with E-state index < -0.39 is 10.0 Å². The SMILES string of the molecule is COc1ccc(CN(Cc2ccc(OC)cc2)S(=O)(=O)c2cccnc2OCCCO)cc1. The van der Waals surface area contributed by atoms with E-state index in [0.29, 0.717) is 17.9 Å². The van der Waals surface area contributed by atoms with Gasteiger partial charge in [0.25, 0.3) is 0 Å². The molecule has 0 unspecified atom stereocenters. The Labute approximate surface area is 194 Å². The molecule has 8 nitrogen and oxygen atoms in total. The topological polar surface area (TPSA) is 98.2 Å².